The summed E-state index contributed by atoms with van der Waals surface area (Å²) in [6.07, 6.45) is 2.14. The van der Waals surface area contributed by atoms with Gasteiger partial charge in [0.25, 0.3) is 5.69 Å². The summed E-state index contributed by atoms with van der Waals surface area (Å²) in [5.41, 5.74) is -0.285. The van der Waals surface area contributed by atoms with Crippen LogP contribution in [0.2, 0.25) is 0 Å². The van der Waals surface area contributed by atoms with Crippen LogP contribution in [0.25, 0.3) is 0 Å². The smallest absolute Gasteiger partial charge is 0.258 e. The number of rotatable bonds is 5. The Morgan fingerprint density at radius 2 is 2.11 bits per heavy atom. The monoisotopic (exact) mass is 264 g/mol. The molecule has 1 aromatic rings. The van der Waals surface area contributed by atoms with Crippen LogP contribution in [0.5, 0.6) is 0 Å². The molecule has 0 spiro atoms. The fourth-order valence-corrected chi connectivity index (χ4v) is 3.58. The van der Waals surface area contributed by atoms with E-state index in [4.69, 9.17) is 5.26 Å². The van der Waals surface area contributed by atoms with Crippen molar-refractivity contribution in [1.82, 2.24) is 0 Å². The Morgan fingerprint density at radius 3 is 2.67 bits per heavy atom. The van der Waals surface area contributed by atoms with E-state index in [1.54, 1.807) is 12.1 Å². The van der Waals surface area contributed by atoms with Crippen molar-refractivity contribution in [1.29, 1.82) is 5.26 Å². The summed E-state index contributed by atoms with van der Waals surface area (Å²) in [6, 6.07) is 8.18. The lowest BCUT2D eigenvalue weighted by Crippen LogP contribution is -2.12. The number of nitro groups is 1. The van der Waals surface area contributed by atoms with Crippen LogP contribution in [0.3, 0.4) is 0 Å². The lowest BCUT2D eigenvalue weighted by atomic mass is 10.1. The Balaban J connectivity index is 2.20. The summed E-state index contributed by atoms with van der Waals surface area (Å²) in [7, 11) is -1.42. The molecule has 18 heavy (non-hydrogen) atoms. The highest BCUT2D eigenvalue weighted by molar-refractivity contribution is 7.85. The van der Waals surface area contributed by atoms with Crippen LogP contribution in [0.4, 0.5) is 5.69 Å². The highest BCUT2D eigenvalue weighted by Crippen LogP contribution is 2.49. The Hall–Kier alpha value is -1.74. The van der Waals surface area contributed by atoms with Gasteiger partial charge < -0.3 is 0 Å². The van der Waals surface area contributed by atoms with Crippen molar-refractivity contribution in [3.05, 3.63) is 34.4 Å². The number of nitrogens with zero attached hydrogens (tertiary/aromatic N) is 2. The molecule has 0 aromatic heterocycles. The third kappa shape index (κ3) is 2.57. The van der Waals surface area contributed by atoms with Gasteiger partial charge >= 0.3 is 0 Å². The summed E-state index contributed by atoms with van der Waals surface area (Å²) in [5.74, 6) is 0.339. The standard InChI is InChI=1S/C12H12N2O3S/c13-8-7-12(5-6-12)9-18(17)11-4-2-1-3-10(11)14(15)16/h1-4H,5-7,9H2. The van der Waals surface area contributed by atoms with Crippen molar-refractivity contribution in [2.75, 3.05) is 5.75 Å². The lowest BCUT2D eigenvalue weighted by Gasteiger charge is -2.10. The van der Waals surface area contributed by atoms with Crippen LogP contribution in [-0.4, -0.2) is 14.9 Å². The fourth-order valence-electron chi connectivity index (χ4n) is 1.87. The average molecular weight is 264 g/mol. The molecular formula is C12H12N2O3S. The van der Waals surface area contributed by atoms with E-state index in [9.17, 15) is 14.3 Å². The van der Waals surface area contributed by atoms with Crippen LogP contribution in [-0.2, 0) is 10.8 Å². The first kappa shape index (κ1) is 12.7. The highest BCUT2D eigenvalue weighted by atomic mass is 32.2. The van der Waals surface area contributed by atoms with E-state index >= 15 is 0 Å². The zero-order chi connectivity index (χ0) is 13.2. The second kappa shape index (κ2) is 4.86. The normalized spacial score (nSPS) is 17.7. The average Bonchev–Trinajstić information content (AvgIpc) is 3.09. The van der Waals surface area contributed by atoms with Gasteiger partial charge in [0.1, 0.15) is 4.90 Å². The first-order valence-electron chi connectivity index (χ1n) is 5.57. The fraction of sp³-hybridized carbons (Fsp3) is 0.417. The first-order valence-corrected chi connectivity index (χ1v) is 6.89. The predicted molar refractivity (Wildman–Crippen MR) is 66.3 cm³/mol. The molecule has 0 aliphatic heterocycles. The summed E-state index contributed by atoms with van der Waals surface area (Å²) in [6.45, 7) is 0. The van der Waals surface area contributed by atoms with Gasteiger partial charge in [0.15, 0.2) is 0 Å². The van der Waals surface area contributed by atoms with E-state index in [0.717, 1.165) is 12.8 Å². The van der Waals surface area contributed by atoms with Gasteiger partial charge in [-0.3, -0.25) is 14.3 Å². The molecule has 1 fully saturated rings. The van der Waals surface area contributed by atoms with Gasteiger partial charge in [-0.25, -0.2) is 0 Å². The van der Waals surface area contributed by atoms with E-state index in [1.165, 1.54) is 12.1 Å². The quantitative estimate of drug-likeness (QED) is 0.603. The summed E-state index contributed by atoms with van der Waals surface area (Å²) < 4.78 is 12.2. The van der Waals surface area contributed by atoms with Gasteiger partial charge in [-0.05, 0) is 24.3 Å². The number of para-hydroxylation sites is 1. The predicted octanol–water partition coefficient (Wildman–Crippen LogP) is 2.40. The zero-order valence-corrected chi connectivity index (χ0v) is 10.5. The van der Waals surface area contributed by atoms with Crippen LogP contribution in [0, 0.1) is 26.9 Å². The van der Waals surface area contributed by atoms with E-state index < -0.39 is 15.7 Å². The maximum atomic E-state index is 12.2. The minimum Gasteiger partial charge on any atom is -0.258 e. The molecule has 94 valence electrons. The van der Waals surface area contributed by atoms with E-state index in [0.29, 0.717) is 12.2 Å². The van der Waals surface area contributed by atoms with Gasteiger partial charge in [0.05, 0.1) is 21.8 Å². The number of benzene rings is 1. The molecule has 1 atom stereocenters. The molecular weight excluding hydrogens is 252 g/mol. The topological polar surface area (TPSA) is 84.0 Å². The molecule has 5 nitrogen and oxygen atoms in total. The molecule has 0 amide bonds. The third-order valence-electron chi connectivity index (χ3n) is 3.16. The molecule has 1 aliphatic carbocycles. The molecule has 0 N–H and O–H groups in total. The zero-order valence-electron chi connectivity index (χ0n) is 9.67. The van der Waals surface area contributed by atoms with Gasteiger partial charge in [-0.1, -0.05) is 12.1 Å². The highest BCUT2D eigenvalue weighted by Gasteiger charge is 2.44. The Bertz CT molecular complexity index is 546. The lowest BCUT2D eigenvalue weighted by molar-refractivity contribution is -0.387. The van der Waals surface area contributed by atoms with Gasteiger partial charge in [-0.2, -0.15) is 5.26 Å². The second-order valence-electron chi connectivity index (χ2n) is 4.55. The van der Waals surface area contributed by atoms with Crippen molar-refractivity contribution in [3.8, 4) is 6.07 Å². The van der Waals surface area contributed by atoms with Crippen molar-refractivity contribution >= 4 is 16.5 Å². The third-order valence-corrected chi connectivity index (χ3v) is 4.87. The maximum absolute atomic E-state index is 12.2. The van der Waals surface area contributed by atoms with Gasteiger partial charge in [-0.15, -0.1) is 0 Å². The van der Waals surface area contributed by atoms with Crippen molar-refractivity contribution in [2.24, 2.45) is 5.41 Å². The molecule has 0 radical (unpaired) electrons. The van der Waals surface area contributed by atoms with Crippen LogP contribution >= 0.6 is 0 Å². The van der Waals surface area contributed by atoms with Crippen LogP contribution in [0.15, 0.2) is 29.2 Å². The molecule has 1 aliphatic rings. The summed E-state index contributed by atoms with van der Waals surface area (Å²) in [4.78, 5) is 10.6. The maximum Gasteiger partial charge on any atom is 0.285 e. The minimum absolute atomic E-state index is 0.108. The molecule has 0 saturated heterocycles. The first-order chi connectivity index (χ1) is 8.58. The number of hydrogen-bond acceptors (Lipinski definition) is 4. The second-order valence-corrected chi connectivity index (χ2v) is 5.97. The van der Waals surface area contributed by atoms with E-state index in [-0.39, 0.29) is 16.0 Å². The number of hydrogen-bond donors (Lipinski definition) is 0. The molecule has 1 saturated carbocycles. The Kier molecular flexibility index (Phi) is 3.43. The van der Waals surface area contributed by atoms with Crippen molar-refractivity contribution < 1.29 is 9.13 Å². The molecule has 1 unspecified atom stereocenters. The minimum atomic E-state index is -1.42. The summed E-state index contributed by atoms with van der Waals surface area (Å²) >= 11 is 0. The molecule has 1 aromatic carbocycles. The van der Waals surface area contributed by atoms with Crippen molar-refractivity contribution in [3.63, 3.8) is 0 Å². The van der Waals surface area contributed by atoms with Gasteiger partial charge in [0.2, 0.25) is 0 Å². The SMILES string of the molecule is N#CCC1(CS(=O)c2ccccc2[N+](=O)[O-])CC1. The van der Waals surface area contributed by atoms with Gasteiger partial charge in [0, 0.05) is 18.2 Å². The molecule has 2 rings (SSSR count). The molecule has 0 bridgehead atoms. The Labute approximate surface area is 107 Å². The van der Waals surface area contributed by atoms with Crippen molar-refractivity contribution in [2.45, 2.75) is 24.2 Å². The largest absolute Gasteiger partial charge is 0.285 e. The molecule has 6 heteroatoms. The Morgan fingerprint density at radius 1 is 1.44 bits per heavy atom. The number of nitro benzene ring substituents is 1. The van der Waals surface area contributed by atoms with Crippen LogP contribution < -0.4 is 0 Å². The van der Waals surface area contributed by atoms with E-state index in [2.05, 4.69) is 6.07 Å². The summed E-state index contributed by atoms with van der Waals surface area (Å²) in [5, 5.41) is 19.6. The van der Waals surface area contributed by atoms with E-state index in [1.807, 2.05) is 0 Å². The number of nitriles is 1. The molecule has 0 heterocycles. The van der Waals surface area contributed by atoms with Crippen LogP contribution in [0.1, 0.15) is 19.3 Å².